The van der Waals surface area contributed by atoms with Gasteiger partial charge in [-0.05, 0) is 41.8 Å². The summed E-state index contributed by atoms with van der Waals surface area (Å²) < 4.78 is 19.0. The Bertz CT molecular complexity index is 954. The second kappa shape index (κ2) is 8.63. The third-order valence-corrected chi connectivity index (χ3v) is 7.34. The van der Waals surface area contributed by atoms with Crippen molar-refractivity contribution in [3.05, 3.63) is 46.7 Å². The average Bonchev–Trinajstić information content (AvgIpc) is 3.17. The first-order chi connectivity index (χ1) is 13.7. The van der Waals surface area contributed by atoms with E-state index in [9.17, 15) is 9.18 Å². The summed E-state index contributed by atoms with van der Waals surface area (Å²) in [5.41, 5.74) is 1.81. The van der Waals surface area contributed by atoms with Gasteiger partial charge in [-0.25, -0.2) is 9.18 Å². The summed E-state index contributed by atoms with van der Waals surface area (Å²) in [5.74, 6) is -0.948. The molecule has 0 atom stereocenters. The molecule has 0 N–H and O–H groups in total. The molecular weight excluding hydrogens is 409 g/mol. The van der Waals surface area contributed by atoms with Gasteiger partial charge in [0.15, 0.2) is 0 Å². The number of benzene rings is 2. The van der Waals surface area contributed by atoms with Crippen LogP contribution in [0.5, 0.6) is 0 Å². The summed E-state index contributed by atoms with van der Waals surface area (Å²) in [4.78, 5) is 12.6. The van der Waals surface area contributed by atoms with Crippen LogP contribution in [0.3, 0.4) is 0 Å². The van der Waals surface area contributed by atoms with E-state index in [-0.39, 0.29) is 5.56 Å². The maximum Gasteiger partial charge on any atom is 0.338 e. The van der Waals surface area contributed by atoms with E-state index in [1.165, 1.54) is 19.2 Å². The fourth-order valence-corrected chi connectivity index (χ4v) is 6.28. The molecule has 3 rings (SSSR count). The predicted molar refractivity (Wildman–Crippen MR) is 116 cm³/mol. The molecule has 0 bridgehead atoms. The molecule has 1 fully saturated rings. The summed E-state index contributed by atoms with van der Waals surface area (Å²) >= 11 is 6.64. The number of nitrogens with zero attached hydrogens (tertiary/aromatic N) is 3. The molecule has 154 valence electrons. The normalized spacial score (nSPS) is 14.6. The van der Waals surface area contributed by atoms with Gasteiger partial charge in [-0.15, -0.1) is 5.11 Å². The van der Waals surface area contributed by atoms with Crippen LogP contribution >= 0.6 is 11.6 Å². The van der Waals surface area contributed by atoms with E-state index in [0.717, 1.165) is 31.1 Å². The Morgan fingerprint density at radius 2 is 1.90 bits per heavy atom. The van der Waals surface area contributed by atoms with Crippen LogP contribution in [0.25, 0.3) is 11.1 Å². The van der Waals surface area contributed by atoms with Crippen molar-refractivity contribution in [2.24, 2.45) is 10.3 Å². The molecule has 0 radical (unpaired) electrons. The van der Waals surface area contributed by atoms with Crippen molar-refractivity contribution < 1.29 is 13.9 Å². The zero-order chi connectivity index (χ0) is 21.2. The number of carbonyl (C=O) groups excluding carboxylic acids is 1. The lowest BCUT2D eigenvalue weighted by atomic mass is 9.97. The number of carbonyl (C=O) groups is 1. The van der Waals surface area contributed by atoms with Gasteiger partial charge in [-0.1, -0.05) is 48.6 Å². The number of halogens is 2. The highest BCUT2D eigenvalue weighted by Gasteiger charge is 2.30. The average molecular weight is 434 g/mol. The molecule has 0 unspecified atom stereocenters. The minimum Gasteiger partial charge on any atom is -0.465 e. The minimum absolute atomic E-state index is 0.250. The molecule has 1 saturated heterocycles. The number of esters is 1. The molecular formula is C21H25ClFN3O2Si. The summed E-state index contributed by atoms with van der Waals surface area (Å²) in [6.07, 6.45) is 2.14. The van der Waals surface area contributed by atoms with Crippen LogP contribution in [-0.2, 0) is 4.74 Å². The first-order valence-electron chi connectivity index (χ1n) is 9.60. The quantitative estimate of drug-likeness (QED) is 0.351. The molecule has 2 aromatic rings. The van der Waals surface area contributed by atoms with Crippen LogP contribution in [-0.4, -0.2) is 39.3 Å². The highest BCUT2D eigenvalue weighted by Crippen LogP contribution is 2.38. The Labute approximate surface area is 176 Å². The first kappa shape index (κ1) is 21.5. The van der Waals surface area contributed by atoms with E-state index in [2.05, 4.69) is 30.0 Å². The highest BCUT2D eigenvalue weighted by atomic mass is 35.5. The van der Waals surface area contributed by atoms with Crippen molar-refractivity contribution in [3.63, 3.8) is 0 Å². The Morgan fingerprint density at radius 3 is 2.48 bits per heavy atom. The van der Waals surface area contributed by atoms with E-state index in [1.54, 1.807) is 18.2 Å². The van der Waals surface area contributed by atoms with Crippen molar-refractivity contribution in [2.75, 3.05) is 20.2 Å². The maximum absolute atomic E-state index is 14.0. The number of hydrogen-bond donors (Lipinski definition) is 0. The lowest BCUT2D eigenvalue weighted by Gasteiger charge is -2.24. The Balaban J connectivity index is 2.35. The number of ether oxygens (including phenoxy) is 1. The highest BCUT2D eigenvalue weighted by molar-refractivity contribution is 6.91. The molecule has 0 spiro atoms. The molecule has 1 aliphatic rings. The molecule has 0 saturated carbocycles. The molecule has 8 heteroatoms. The lowest BCUT2D eigenvalue weighted by molar-refractivity contribution is 0.0601. The van der Waals surface area contributed by atoms with E-state index in [1.807, 2.05) is 5.01 Å². The molecule has 0 aromatic heterocycles. The van der Waals surface area contributed by atoms with Crippen LogP contribution < -0.4 is 5.19 Å². The first-order valence-corrected chi connectivity index (χ1v) is 13.5. The van der Waals surface area contributed by atoms with Crippen LogP contribution in [0.15, 0.2) is 40.7 Å². The molecule has 0 aliphatic carbocycles. The molecule has 1 aliphatic heterocycles. The van der Waals surface area contributed by atoms with Gasteiger partial charge in [0.1, 0.15) is 5.82 Å². The maximum atomic E-state index is 14.0. The van der Waals surface area contributed by atoms with Crippen LogP contribution in [0.2, 0.25) is 24.7 Å². The monoisotopic (exact) mass is 433 g/mol. The Kier molecular flexibility index (Phi) is 6.38. The summed E-state index contributed by atoms with van der Waals surface area (Å²) in [7, 11) is -0.686. The third kappa shape index (κ3) is 4.67. The summed E-state index contributed by atoms with van der Waals surface area (Å²) in [5, 5.41) is 12.2. The minimum atomic E-state index is -2.00. The van der Waals surface area contributed by atoms with Crippen molar-refractivity contribution in [2.45, 2.75) is 32.5 Å². The van der Waals surface area contributed by atoms with Gasteiger partial charge in [0.25, 0.3) is 0 Å². The zero-order valence-corrected chi connectivity index (χ0v) is 18.9. The van der Waals surface area contributed by atoms with E-state index in [4.69, 9.17) is 16.3 Å². The molecule has 29 heavy (non-hydrogen) atoms. The fourth-order valence-electron chi connectivity index (χ4n) is 3.56. The van der Waals surface area contributed by atoms with Crippen molar-refractivity contribution in [1.29, 1.82) is 0 Å². The van der Waals surface area contributed by atoms with Gasteiger partial charge in [-0.3, -0.25) is 5.01 Å². The number of hydrogen-bond acceptors (Lipinski definition) is 4. The van der Waals surface area contributed by atoms with E-state index < -0.39 is 19.9 Å². The molecule has 2 aromatic carbocycles. The van der Waals surface area contributed by atoms with Crippen molar-refractivity contribution >= 4 is 36.5 Å². The lowest BCUT2D eigenvalue weighted by Crippen LogP contribution is -2.39. The Hall–Kier alpha value is -2.25. The standard InChI is InChI=1S/C21H25ClFN3O2Si/c1-28-21(27)16-13-17(22)20(29(2,3)4)19(24-25-26-10-5-6-11-26)18(16)14-8-7-9-15(23)12-14/h7-9,12-13H,5-6,10-11H2,1-4H3/b25-24+. The van der Waals surface area contributed by atoms with Gasteiger partial charge >= 0.3 is 5.97 Å². The number of methoxy groups -OCH3 is 1. The molecule has 1 heterocycles. The SMILES string of the molecule is COC(=O)c1cc(Cl)c([Si](C)(C)C)c(/N=N/N2CCCC2)c1-c1cccc(F)c1. The van der Waals surface area contributed by atoms with Crippen LogP contribution in [0.1, 0.15) is 23.2 Å². The van der Waals surface area contributed by atoms with Gasteiger partial charge < -0.3 is 4.74 Å². The topological polar surface area (TPSA) is 54.3 Å². The van der Waals surface area contributed by atoms with Crippen molar-refractivity contribution in [3.8, 4) is 11.1 Å². The van der Waals surface area contributed by atoms with Crippen LogP contribution in [0.4, 0.5) is 10.1 Å². The Morgan fingerprint density at radius 1 is 1.21 bits per heavy atom. The predicted octanol–water partition coefficient (Wildman–Crippen LogP) is 5.57. The smallest absolute Gasteiger partial charge is 0.338 e. The fraction of sp³-hybridized carbons (Fsp3) is 0.381. The number of rotatable bonds is 5. The molecule has 5 nitrogen and oxygen atoms in total. The van der Waals surface area contributed by atoms with Gasteiger partial charge in [0.2, 0.25) is 0 Å². The van der Waals surface area contributed by atoms with Gasteiger partial charge in [0.05, 0.1) is 26.4 Å². The van der Waals surface area contributed by atoms with E-state index >= 15 is 0 Å². The van der Waals surface area contributed by atoms with Crippen molar-refractivity contribution in [1.82, 2.24) is 5.01 Å². The summed E-state index contributed by atoms with van der Waals surface area (Å²) in [6, 6.07) is 7.72. The molecule has 0 amide bonds. The van der Waals surface area contributed by atoms with Gasteiger partial charge in [-0.2, -0.15) is 0 Å². The third-order valence-electron chi connectivity index (χ3n) is 4.88. The zero-order valence-electron chi connectivity index (χ0n) is 17.1. The van der Waals surface area contributed by atoms with Gasteiger partial charge in [0, 0.05) is 23.7 Å². The second-order valence-corrected chi connectivity index (χ2v) is 13.5. The van der Waals surface area contributed by atoms with Crippen LogP contribution in [0, 0.1) is 5.82 Å². The second-order valence-electron chi connectivity index (χ2n) is 8.11. The van der Waals surface area contributed by atoms with E-state index in [0.29, 0.717) is 21.8 Å². The summed E-state index contributed by atoms with van der Waals surface area (Å²) in [6.45, 7) is 8.12. The largest absolute Gasteiger partial charge is 0.465 e.